The van der Waals surface area contributed by atoms with Crippen molar-refractivity contribution in [1.82, 2.24) is 14.9 Å². The summed E-state index contributed by atoms with van der Waals surface area (Å²) in [5.41, 5.74) is 6.38. The summed E-state index contributed by atoms with van der Waals surface area (Å²) in [6.45, 7) is 3.62. The average Bonchev–Trinajstić information content (AvgIpc) is 2.67. The van der Waals surface area contributed by atoms with E-state index in [0.29, 0.717) is 11.4 Å². The van der Waals surface area contributed by atoms with Gasteiger partial charge in [-0.1, -0.05) is 0 Å². The minimum Gasteiger partial charge on any atom is -0.325 e. The molecule has 0 saturated carbocycles. The topological polar surface area (TPSA) is 101 Å². The molecule has 1 heterocycles. The van der Waals surface area contributed by atoms with E-state index in [0.717, 1.165) is 12.2 Å². The van der Waals surface area contributed by atoms with Gasteiger partial charge in [-0.25, -0.2) is 13.1 Å². The second kappa shape index (κ2) is 6.55. The van der Waals surface area contributed by atoms with Crippen molar-refractivity contribution in [3.63, 3.8) is 0 Å². The van der Waals surface area contributed by atoms with Gasteiger partial charge in [0.25, 0.3) is 0 Å². The second-order valence-corrected chi connectivity index (χ2v) is 6.77. The first kappa shape index (κ1) is 15.5. The van der Waals surface area contributed by atoms with Crippen LogP contribution in [-0.2, 0) is 16.6 Å². The fourth-order valence-corrected chi connectivity index (χ4v) is 3.88. The third-order valence-electron chi connectivity index (χ3n) is 2.53. The number of thioether (sulfide) groups is 1. The molecule has 1 unspecified atom stereocenters. The predicted molar refractivity (Wildman–Crippen MR) is 74.0 cm³/mol. The molecular formula is C10H20N4O2S2. The zero-order valence-corrected chi connectivity index (χ0v) is 12.5. The molecule has 0 spiro atoms. The van der Waals surface area contributed by atoms with Crippen molar-refractivity contribution < 1.29 is 8.42 Å². The summed E-state index contributed by atoms with van der Waals surface area (Å²) in [7, 11) is -3.55. The Hall–Kier alpha value is -0.570. The van der Waals surface area contributed by atoms with Crippen LogP contribution < -0.4 is 10.5 Å². The van der Waals surface area contributed by atoms with Gasteiger partial charge in [0.05, 0.1) is 11.4 Å². The average molecular weight is 292 g/mol. The van der Waals surface area contributed by atoms with Crippen molar-refractivity contribution in [1.29, 1.82) is 0 Å². The number of nitrogens with two attached hydrogens (primary N) is 1. The van der Waals surface area contributed by atoms with E-state index in [2.05, 4.69) is 14.9 Å². The molecule has 0 aliphatic rings. The normalized spacial score (nSPS) is 13.8. The van der Waals surface area contributed by atoms with E-state index in [4.69, 9.17) is 5.73 Å². The van der Waals surface area contributed by atoms with Crippen molar-refractivity contribution >= 4 is 21.8 Å². The third kappa shape index (κ3) is 3.71. The lowest BCUT2D eigenvalue weighted by atomic mass is 10.3. The van der Waals surface area contributed by atoms with Crippen molar-refractivity contribution in [2.75, 3.05) is 12.0 Å². The van der Waals surface area contributed by atoms with Gasteiger partial charge in [-0.15, -0.1) is 0 Å². The summed E-state index contributed by atoms with van der Waals surface area (Å²) < 4.78 is 27.1. The van der Waals surface area contributed by atoms with E-state index >= 15 is 0 Å². The van der Waals surface area contributed by atoms with Crippen LogP contribution in [0.25, 0.3) is 0 Å². The van der Waals surface area contributed by atoms with Crippen LogP contribution >= 0.6 is 11.8 Å². The summed E-state index contributed by atoms with van der Waals surface area (Å²) in [5.74, 6) is 0.914. The Morgan fingerprint density at radius 2 is 2.22 bits per heavy atom. The Labute approximate surface area is 112 Å². The SMILES string of the molecule is CSCCC(C)NS(=O)(=O)c1c(CN)n[nH]c1C. The number of nitrogens with zero attached hydrogens (tertiary/aromatic N) is 1. The summed E-state index contributed by atoms with van der Waals surface area (Å²) in [5, 5.41) is 6.55. The highest BCUT2D eigenvalue weighted by Crippen LogP contribution is 2.17. The Morgan fingerprint density at radius 3 is 2.78 bits per heavy atom. The van der Waals surface area contributed by atoms with Gasteiger partial charge in [0, 0.05) is 12.6 Å². The largest absolute Gasteiger partial charge is 0.325 e. The molecule has 0 aliphatic carbocycles. The van der Waals surface area contributed by atoms with E-state index in [-0.39, 0.29) is 17.5 Å². The van der Waals surface area contributed by atoms with Crippen LogP contribution in [0.1, 0.15) is 24.7 Å². The van der Waals surface area contributed by atoms with Crippen molar-refractivity contribution in [2.45, 2.75) is 37.8 Å². The lowest BCUT2D eigenvalue weighted by molar-refractivity contribution is 0.555. The zero-order chi connectivity index (χ0) is 13.8. The monoisotopic (exact) mass is 292 g/mol. The first-order valence-electron chi connectivity index (χ1n) is 5.67. The van der Waals surface area contributed by atoms with Crippen LogP contribution in [0.2, 0.25) is 0 Å². The molecule has 0 amide bonds. The van der Waals surface area contributed by atoms with Crippen molar-refractivity contribution in [2.24, 2.45) is 5.73 Å². The van der Waals surface area contributed by atoms with Crippen LogP contribution in [0.3, 0.4) is 0 Å². The maximum Gasteiger partial charge on any atom is 0.244 e. The maximum atomic E-state index is 12.2. The number of H-pyrrole nitrogens is 1. The van der Waals surface area contributed by atoms with Gasteiger partial charge in [-0.2, -0.15) is 16.9 Å². The van der Waals surface area contributed by atoms with Crippen LogP contribution in [0, 0.1) is 6.92 Å². The molecule has 1 atom stereocenters. The second-order valence-electron chi connectivity index (χ2n) is 4.13. The molecule has 0 radical (unpaired) electrons. The number of sulfonamides is 1. The van der Waals surface area contributed by atoms with Gasteiger partial charge < -0.3 is 5.73 Å². The maximum absolute atomic E-state index is 12.2. The lowest BCUT2D eigenvalue weighted by Crippen LogP contribution is -2.33. The summed E-state index contributed by atoms with van der Waals surface area (Å²) in [4.78, 5) is 0.181. The van der Waals surface area contributed by atoms with Crippen LogP contribution in [0.4, 0.5) is 0 Å². The third-order valence-corrected chi connectivity index (χ3v) is 4.97. The molecular weight excluding hydrogens is 272 g/mol. The number of rotatable bonds is 7. The fraction of sp³-hybridized carbons (Fsp3) is 0.700. The Morgan fingerprint density at radius 1 is 1.56 bits per heavy atom. The molecule has 0 aromatic carbocycles. The smallest absolute Gasteiger partial charge is 0.244 e. The van der Waals surface area contributed by atoms with Crippen LogP contribution in [0.5, 0.6) is 0 Å². The lowest BCUT2D eigenvalue weighted by Gasteiger charge is -2.13. The number of aromatic amines is 1. The zero-order valence-electron chi connectivity index (χ0n) is 10.9. The van der Waals surface area contributed by atoms with E-state index in [1.807, 2.05) is 13.2 Å². The number of nitrogens with one attached hydrogen (secondary N) is 2. The highest BCUT2D eigenvalue weighted by molar-refractivity contribution is 7.98. The Bertz CT molecular complexity index is 484. The molecule has 1 aromatic heterocycles. The minimum atomic E-state index is -3.55. The van der Waals surface area contributed by atoms with Gasteiger partial charge in [-0.3, -0.25) is 5.10 Å². The molecule has 6 nitrogen and oxygen atoms in total. The van der Waals surface area contributed by atoms with Crippen molar-refractivity contribution in [3.05, 3.63) is 11.4 Å². The molecule has 1 rings (SSSR count). The first-order chi connectivity index (χ1) is 8.42. The fourth-order valence-electron chi connectivity index (χ4n) is 1.64. The summed E-state index contributed by atoms with van der Waals surface area (Å²) >= 11 is 1.69. The quantitative estimate of drug-likeness (QED) is 0.683. The number of aryl methyl sites for hydroxylation is 1. The molecule has 18 heavy (non-hydrogen) atoms. The van der Waals surface area contributed by atoms with E-state index < -0.39 is 10.0 Å². The molecule has 0 saturated heterocycles. The molecule has 4 N–H and O–H groups in total. The van der Waals surface area contributed by atoms with Gasteiger partial charge in [0.1, 0.15) is 4.90 Å². The molecule has 0 aliphatic heterocycles. The molecule has 0 fully saturated rings. The molecule has 0 bridgehead atoms. The summed E-state index contributed by atoms with van der Waals surface area (Å²) in [6, 6.07) is -0.109. The van der Waals surface area contributed by atoms with E-state index in [1.54, 1.807) is 18.7 Å². The van der Waals surface area contributed by atoms with Gasteiger partial charge >= 0.3 is 0 Å². The molecule has 8 heteroatoms. The van der Waals surface area contributed by atoms with E-state index in [1.165, 1.54) is 0 Å². The Balaban J connectivity index is 2.89. The Kier molecular flexibility index (Phi) is 5.64. The van der Waals surface area contributed by atoms with Crippen LogP contribution in [0.15, 0.2) is 4.90 Å². The van der Waals surface area contributed by atoms with Gasteiger partial charge in [0.2, 0.25) is 10.0 Å². The number of hydrogen-bond donors (Lipinski definition) is 3. The van der Waals surface area contributed by atoms with Crippen molar-refractivity contribution in [3.8, 4) is 0 Å². The highest BCUT2D eigenvalue weighted by atomic mass is 32.2. The predicted octanol–water partition coefficient (Wildman–Crippen LogP) is 0.597. The number of aromatic nitrogens is 2. The summed E-state index contributed by atoms with van der Waals surface area (Å²) in [6.07, 6.45) is 2.78. The first-order valence-corrected chi connectivity index (χ1v) is 8.55. The standard InChI is InChI=1S/C10H20N4O2S2/c1-7(4-5-17-3)14-18(15,16)10-8(2)12-13-9(10)6-11/h7,14H,4-6,11H2,1-3H3,(H,12,13). The molecule has 1 aromatic rings. The van der Waals surface area contributed by atoms with Gasteiger partial charge in [-0.05, 0) is 32.3 Å². The minimum absolute atomic E-state index is 0.0970. The highest BCUT2D eigenvalue weighted by Gasteiger charge is 2.24. The molecule has 104 valence electrons. The van der Waals surface area contributed by atoms with Crippen LogP contribution in [-0.4, -0.2) is 36.7 Å². The van der Waals surface area contributed by atoms with E-state index in [9.17, 15) is 8.42 Å². The number of hydrogen-bond acceptors (Lipinski definition) is 5. The van der Waals surface area contributed by atoms with Gasteiger partial charge in [0.15, 0.2) is 0 Å².